The molecule has 16 nitrogen and oxygen atoms in total. The van der Waals surface area contributed by atoms with E-state index in [4.69, 9.17) is 22.3 Å². The molecule has 0 saturated carbocycles. The lowest BCUT2D eigenvalue weighted by molar-refractivity contribution is -0.142. The quantitative estimate of drug-likeness (QED) is 0.0561. The average molecular weight is 540 g/mol. The number of carboxylic acids is 2. The maximum atomic E-state index is 13.2. The van der Waals surface area contributed by atoms with Gasteiger partial charge in [0.2, 0.25) is 17.7 Å². The second-order valence-corrected chi connectivity index (χ2v) is 8.77. The fourth-order valence-electron chi connectivity index (χ4n) is 3.37. The Hall–Kier alpha value is -4.21. The number of aliphatic imine (C=N–C) groups is 1. The number of carboxylic acid groups (broad SMARTS) is 2. The lowest BCUT2D eigenvalue weighted by atomic mass is 9.96. The van der Waals surface area contributed by atoms with Gasteiger partial charge in [-0.3, -0.25) is 24.2 Å². The first-order valence-corrected chi connectivity index (χ1v) is 12.0. The summed E-state index contributed by atoms with van der Waals surface area (Å²) in [6.45, 7) is 3.63. The standard InChI is InChI=1S/C22H37N9O7/c1-3-11(2)17(20(36)30-15(21(37)38)7-12-9-26-10-28-12)31-19(35)14(5-4-6-27-22(24)25)29-18(34)13(23)8-16(32)33/h9-11,13-15,17H,3-8,23H2,1-2H3,(H,26,28)(H,29,34)(H,30,36)(H,31,35)(H,32,33)(H,37,38)(H4,24,25,27). The molecule has 0 saturated heterocycles. The fraction of sp³-hybridized carbons (Fsp3) is 0.591. The number of aromatic amines is 1. The number of carbonyl (C=O) groups is 5. The van der Waals surface area contributed by atoms with Crippen molar-refractivity contribution >= 4 is 35.6 Å². The minimum absolute atomic E-state index is 0.0422. The van der Waals surface area contributed by atoms with Crippen LogP contribution >= 0.6 is 0 Å². The SMILES string of the molecule is CCC(C)C(NC(=O)C(CCCN=C(N)N)NC(=O)C(N)CC(=O)O)C(=O)NC(Cc1cnc[nH]1)C(=O)O. The van der Waals surface area contributed by atoms with Crippen LogP contribution < -0.4 is 33.2 Å². The first-order valence-electron chi connectivity index (χ1n) is 12.0. The fourth-order valence-corrected chi connectivity index (χ4v) is 3.37. The Morgan fingerprint density at radius 1 is 1.05 bits per heavy atom. The zero-order valence-corrected chi connectivity index (χ0v) is 21.3. The van der Waals surface area contributed by atoms with Crippen molar-refractivity contribution in [1.29, 1.82) is 0 Å². The third kappa shape index (κ3) is 11.2. The highest BCUT2D eigenvalue weighted by Gasteiger charge is 2.33. The summed E-state index contributed by atoms with van der Waals surface area (Å²) < 4.78 is 0. The molecule has 0 fully saturated rings. The largest absolute Gasteiger partial charge is 0.481 e. The lowest BCUT2D eigenvalue weighted by Crippen LogP contribution is -2.59. The Labute approximate surface area is 219 Å². The monoisotopic (exact) mass is 539 g/mol. The van der Waals surface area contributed by atoms with Crippen LogP contribution in [0.1, 0.15) is 45.2 Å². The number of hydrogen-bond donors (Lipinski definition) is 9. The molecule has 1 heterocycles. The molecule has 16 heteroatoms. The van der Waals surface area contributed by atoms with Crippen LogP contribution in [0.15, 0.2) is 17.5 Å². The van der Waals surface area contributed by atoms with E-state index in [0.717, 1.165) is 0 Å². The summed E-state index contributed by atoms with van der Waals surface area (Å²) in [6, 6.07) is -5.04. The van der Waals surface area contributed by atoms with Gasteiger partial charge in [-0.15, -0.1) is 0 Å². The number of H-pyrrole nitrogens is 1. The van der Waals surface area contributed by atoms with Gasteiger partial charge in [-0.1, -0.05) is 20.3 Å². The molecule has 0 bridgehead atoms. The molecule has 0 aromatic carbocycles. The van der Waals surface area contributed by atoms with Crippen LogP contribution in [0.25, 0.3) is 0 Å². The van der Waals surface area contributed by atoms with Crippen LogP contribution in [-0.2, 0) is 30.4 Å². The van der Waals surface area contributed by atoms with Gasteiger partial charge in [-0.05, 0) is 18.8 Å². The number of amides is 3. The molecule has 0 radical (unpaired) electrons. The number of nitrogens with one attached hydrogen (secondary N) is 4. The minimum atomic E-state index is -1.41. The molecule has 12 N–H and O–H groups in total. The molecule has 1 aromatic rings. The summed E-state index contributed by atoms with van der Waals surface area (Å²) in [6.07, 6.45) is 2.85. The number of imidazole rings is 1. The molecule has 0 spiro atoms. The minimum Gasteiger partial charge on any atom is -0.481 e. The van der Waals surface area contributed by atoms with Crippen molar-refractivity contribution in [3.63, 3.8) is 0 Å². The van der Waals surface area contributed by atoms with Crippen molar-refractivity contribution < 1.29 is 34.2 Å². The highest BCUT2D eigenvalue weighted by atomic mass is 16.4. The lowest BCUT2D eigenvalue weighted by Gasteiger charge is -2.28. The molecule has 0 aliphatic rings. The van der Waals surface area contributed by atoms with E-state index in [-0.39, 0.29) is 31.8 Å². The molecule has 5 unspecified atom stereocenters. The Morgan fingerprint density at radius 3 is 2.24 bits per heavy atom. The number of aromatic nitrogens is 2. The maximum Gasteiger partial charge on any atom is 0.326 e. The van der Waals surface area contributed by atoms with E-state index in [1.54, 1.807) is 13.8 Å². The van der Waals surface area contributed by atoms with E-state index in [9.17, 15) is 29.1 Å². The van der Waals surface area contributed by atoms with Crippen LogP contribution in [0.2, 0.25) is 0 Å². The van der Waals surface area contributed by atoms with Gasteiger partial charge in [0, 0.05) is 24.9 Å². The van der Waals surface area contributed by atoms with Crippen molar-refractivity contribution in [2.24, 2.45) is 28.1 Å². The number of guanidine groups is 1. The third-order valence-electron chi connectivity index (χ3n) is 5.70. The van der Waals surface area contributed by atoms with Gasteiger partial charge >= 0.3 is 11.9 Å². The number of aliphatic carboxylic acids is 2. The van der Waals surface area contributed by atoms with E-state index in [2.05, 4.69) is 30.9 Å². The van der Waals surface area contributed by atoms with Crippen molar-refractivity contribution in [2.45, 2.75) is 70.1 Å². The molecular formula is C22H37N9O7. The van der Waals surface area contributed by atoms with Gasteiger partial charge in [0.25, 0.3) is 0 Å². The first-order chi connectivity index (χ1) is 17.8. The number of hydrogen-bond acceptors (Lipinski definition) is 8. The number of nitrogens with two attached hydrogens (primary N) is 3. The van der Waals surface area contributed by atoms with Crippen molar-refractivity contribution in [1.82, 2.24) is 25.9 Å². The van der Waals surface area contributed by atoms with Gasteiger partial charge in [0.05, 0.1) is 18.8 Å². The Kier molecular flexibility index (Phi) is 13.2. The van der Waals surface area contributed by atoms with Crippen molar-refractivity contribution in [3.8, 4) is 0 Å². The second kappa shape index (κ2) is 15.8. The molecule has 212 valence electrons. The van der Waals surface area contributed by atoms with Crippen molar-refractivity contribution in [2.75, 3.05) is 6.54 Å². The normalized spacial score (nSPS) is 14.7. The summed E-state index contributed by atoms with van der Waals surface area (Å²) in [5, 5.41) is 25.9. The van der Waals surface area contributed by atoms with Gasteiger partial charge in [-0.25, -0.2) is 9.78 Å². The topological polar surface area (TPSA) is 281 Å². The zero-order chi connectivity index (χ0) is 28.8. The molecule has 5 atom stereocenters. The molecule has 1 aromatic heterocycles. The Balaban J connectivity index is 3.05. The first kappa shape index (κ1) is 31.8. The van der Waals surface area contributed by atoms with Gasteiger partial charge in [0.15, 0.2) is 5.96 Å². The van der Waals surface area contributed by atoms with Gasteiger partial charge < -0.3 is 48.3 Å². The van der Waals surface area contributed by atoms with Crippen LogP contribution in [0, 0.1) is 5.92 Å². The summed E-state index contributed by atoms with van der Waals surface area (Å²) in [5.41, 5.74) is 16.7. The predicted octanol–water partition coefficient (Wildman–Crippen LogP) is -2.61. The van der Waals surface area contributed by atoms with Crippen molar-refractivity contribution in [3.05, 3.63) is 18.2 Å². The van der Waals surface area contributed by atoms with Crippen LogP contribution in [0.3, 0.4) is 0 Å². The van der Waals surface area contributed by atoms with Gasteiger partial charge in [0.1, 0.15) is 18.1 Å². The summed E-state index contributed by atoms with van der Waals surface area (Å²) in [4.78, 5) is 71.8. The molecule has 38 heavy (non-hydrogen) atoms. The Morgan fingerprint density at radius 2 is 1.71 bits per heavy atom. The third-order valence-corrected chi connectivity index (χ3v) is 5.70. The molecular weight excluding hydrogens is 502 g/mol. The van der Waals surface area contributed by atoms with E-state index in [1.165, 1.54) is 12.5 Å². The van der Waals surface area contributed by atoms with Crippen LogP contribution in [0.4, 0.5) is 0 Å². The van der Waals surface area contributed by atoms with E-state index >= 15 is 0 Å². The summed E-state index contributed by atoms with van der Waals surface area (Å²) >= 11 is 0. The Bertz CT molecular complexity index is 980. The van der Waals surface area contributed by atoms with E-state index < -0.39 is 66.2 Å². The number of carbonyl (C=O) groups excluding carboxylic acids is 3. The second-order valence-electron chi connectivity index (χ2n) is 8.77. The summed E-state index contributed by atoms with van der Waals surface area (Å²) in [5.74, 6) is -5.48. The smallest absolute Gasteiger partial charge is 0.326 e. The predicted molar refractivity (Wildman–Crippen MR) is 135 cm³/mol. The zero-order valence-electron chi connectivity index (χ0n) is 21.3. The van der Waals surface area contributed by atoms with Crippen LogP contribution in [0.5, 0.6) is 0 Å². The summed E-state index contributed by atoms with van der Waals surface area (Å²) in [7, 11) is 0. The van der Waals surface area contributed by atoms with Gasteiger partial charge in [-0.2, -0.15) is 0 Å². The molecule has 1 rings (SSSR count). The molecule has 3 amide bonds. The maximum absolute atomic E-state index is 13.2. The molecule has 0 aliphatic carbocycles. The number of rotatable bonds is 17. The van der Waals surface area contributed by atoms with Crippen LogP contribution in [-0.4, -0.2) is 86.5 Å². The average Bonchev–Trinajstić information content (AvgIpc) is 3.35. The highest BCUT2D eigenvalue weighted by molar-refractivity contribution is 5.94. The molecule has 0 aliphatic heterocycles. The van der Waals surface area contributed by atoms with E-state index in [0.29, 0.717) is 12.1 Å². The highest BCUT2D eigenvalue weighted by Crippen LogP contribution is 2.11. The number of nitrogens with zero attached hydrogens (tertiary/aromatic N) is 2. The van der Waals surface area contributed by atoms with E-state index in [1.807, 2.05) is 0 Å².